The van der Waals surface area contributed by atoms with E-state index in [1.165, 1.54) is 24.0 Å². The van der Waals surface area contributed by atoms with Crippen LogP contribution in [0.1, 0.15) is 37.7 Å². The van der Waals surface area contributed by atoms with E-state index in [1.54, 1.807) is 11.8 Å². The van der Waals surface area contributed by atoms with Gasteiger partial charge in [-0.05, 0) is 54.0 Å². The minimum Gasteiger partial charge on any atom is -0.291 e. The smallest absolute Gasteiger partial charge is 0.224 e. The van der Waals surface area contributed by atoms with Crippen LogP contribution in [0, 0.1) is 0 Å². The van der Waals surface area contributed by atoms with E-state index in [2.05, 4.69) is 6.07 Å². The first-order valence-electron chi connectivity index (χ1n) is 8.07. The SMILES string of the molecule is O/[N+](=C\c1ccccc1Sc1ccc(Cl)cc1)C1CCCCC1. The maximum absolute atomic E-state index is 10.4. The molecule has 1 aliphatic carbocycles. The molecule has 1 aliphatic rings. The highest BCUT2D eigenvalue weighted by molar-refractivity contribution is 7.99. The molecular weight excluding hydrogens is 326 g/mol. The molecule has 2 aromatic rings. The Bertz CT molecular complexity index is 678. The zero-order chi connectivity index (χ0) is 16.1. The van der Waals surface area contributed by atoms with Gasteiger partial charge in [0.1, 0.15) is 0 Å². The second-order valence-corrected chi connectivity index (χ2v) is 7.45. The largest absolute Gasteiger partial charge is 0.291 e. The Morgan fingerprint density at radius 3 is 2.43 bits per heavy atom. The molecule has 0 radical (unpaired) electrons. The van der Waals surface area contributed by atoms with Gasteiger partial charge in [0.15, 0.2) is 0 Å². The van der Waals surface area contributed by atoms with Crippen LogP contribution >= 0.6 is 23.4 Å². The van der Waals surface area contributed by atoms with Crippen molar-refractivity contribution >= 4 is 29.6 Å². The predicted molar refractivity (Wildman–Crippen MR) is 96.1 cm³/mol. The highest BCUT2D eigenvalue weighted by Gasteiger charge is 2.24. The Hall–Kier alpha value is -1.45. The van der Waals surface area contributed by atoms with Gasteiger partial charge in [-0.1, -0.05) is 41.9 Å². The second kappa shape index (κ2) is 7.89. The van der Waals surface area contributed by atoms with Crippen molar-refractivity contribution in [3.63, 3.8) is 0 Å². The first-order chi connectivity index (χ1) is 11.2. The summed E-state index contributed by atoms with van der Waals surface area (Å²) in [6.45, 7) is 0. The predicted octanol–water partition coefficient (Wildman–Crippen LogP) is 5.64. The molecule has 0 unspecified atom stereocenters. The lowest BCUT2D eigenvalue weighted by Crippen LogP contribution is -2.27. The highest BCUT2D eigenvalue weighted by atomic mass is 35.5. The monoisotopic (exact) mass is 346 g/mol. The molecule has 0 aliphatic heterocycles. The van der Waals surface area contributed by atoms with E-state index in [0.29, 0.717) is 0 Å². The number of hydrogen-bond donors (Lipinski definition) is 1. The van der Waals surface area contributed by atoms with Crippen LogP contribution in [0.15, 0.2) is 58.3 Å². The topological polar surface area (TPSA) is 23.2 Å². The Kier molecular flexibility index (Phi) is 5.63. The first-order valence-corrected chi connectivity index (χ1v) is 9.26. The summed E-state index contributed by atoms with van der Waals surface area (Å²) >= 11 is 7.63. The van der Waals surface area contributed by atoms with Gasteiger partial charge in [0.05, 0.1) is 5.56 Å². The molecule has 1 fully saturated rings. The minimum absolute atomic E-state index is 0.248. The lowest BCUT2D eigenvalue weighted by molar-refractivity contribution is -0.797. The fourth-order valence-corrected chi connectivity index (χ4v) is 3.94. The van der Waals surface area contributed by atoms with E-state index in [9.17, 15) is 5.21 Å². The quantitative estimate of drug-likeness (QED) is 0.335. The minimum atomic E-state index is 0.248. The highest BCUT2D eigenvalue weighted by Crippen LogP contribution is 2.30. The summed E-state index contributed by atoms with van der Waals surface area (Å²) < 4.78 is 1.42. The maximum atomic E-state index is 10.4. The van der Waals surface area contributed by atoms with Gasteiger partial charge in [-0.15, -0.1) is 0 Å². The third kappa shape index (κ3) is 4.52. The third-order valence-corrected chi connectivity index (χ3v) is 5.53. The Morgan fingerprint density at radius 2 is 1.70 bits per heavy atom. The number of hydroxylamine groups is 1. The number of benzene rings is 2. The number of hydrogen-bond acceptors (Lipinski definition) is 2. The van der Waals surface area contributed by atoms with E-state index < -0.39 is 0 Å². The van der Waals surface area contributed by atoms with Crippen molar-refractivity contribution in [1.82, 2.24) is 0 Å². The average Bonchev–Trinajstić information content (AvgIpc) is 2.59. The van der Waals surface area contributed by atoms with Crippen molar-refractivity contribution in [2.75, 3.05) is 0 Å². The van der Waals surface area contributed by atoms with Gasteiger partial charge in [-0.2, -0.15) is 0 Å². The van der Waals surface area contributed by atoms with Crippen LogP contribution in [0.3, 0.4) is 0 Å². The summed E-state index contributed by atoms with van der Waals surface area (Å²) in [5.74, 6) is 0. The second-order valence-electron chi connectivity index (χ2n) is 5.89. The Morgan fingerprint density at radius 1 is 1.00 bits per heavy atom. The fourth-order valence-electron chi connectivity index (χ4n) is 2.90. The summed E-state index contributed by atoms with van der Waals surface area (Å²) in [5.41, 5.74) is 1.04. The standard InChI is InChI=1S/C19H21ClNOS/c20-16-10-12-18(13-11-16)23-19-9-5-4-6-15(19)14-21(22)17-7-2-1-3-8-17/h4-6,9-14,17,22H,1-3,7-8H2/q+1/b21-14-. The molecule has 0 amide bonds. The zero-order valence-corrected chi connectivity index (χ0v) is 14.6. The average molecular weight is 347 g/mol. The van der Waals surface area contributed by atoms with Crippen molar-refractivity contribution in [3.05, 3.63) is 59.1 Å². The van der Waals surface area contributed by atoms with Gasteiger partial charge in [-0.25, -0.2) is 0 Å². The van der Waals surface area contributed by atoms with Crippen molar-refractivity contribution in [2.45, 2.75) is 47.9 Å². The molecular formula is C19H21ClNOS+. The lowest BCUT2D eigenvalue weighted by atomic mass is 9.96. The van der Waals surface area contributed by atoms with Crippen LogP contribution in [0.2, 0.25) is 5.02 Å². The van der Waals surface area contributed by atoms with E-state index in [-0.39, 0.29) is 6.04 Å². The van der Waals surface area contributed by atoms with E-state index in [1.807, 2.05) is 48.7 Å². The van der Waals surface area contributed by atoms with Gasteiger partial charge in [0, 0.05) is 27.7 Å². The molecule has 23 heavy (non-hydrogen) atoms. The molecule has 0 saturated heterocycles. The molecule has 0 aromatic heterocycles. The molecule has 2 aromatic carbocycles. The van der Waals surface area contributed by atoms with Crippen molar-refractivity contribution in [2.24, 2.45) is 0 Å². The van der Waals surface area contributed by atoms with Crippen LogP contribution in [0.4, 0.5) is 0 Å². The number of rotatable bonds is 4. The molecule has 0 heterocycles. The van der Waals surface area contributed by atoms with Gasteiger partial charge in [-0.3, -0.25) is 5.21 Å². The molecule has 2 nitrogen and oxygen atoms in total. The summed E-state index contributed by atoms with van der Waals surface area (Å²) in [4.78, 5) is 2.27. The van der Waals surface area contributed by atoms with Gasteiger partial charge >= 0.3 is 0 Å². The zero-order valence-electron chi connectivity index (χ0n) is 13.0. The normalized spacial score (nSPS) is 16.5. The van der Waals surface area contributed by atoms with Crippen molar-refractivity contribution in [3.8, 4) is 0 Å². The molecule has 0 atom stereocenters. The van der Waals surface area contributed by atoms with Crippen LogP contribution in [-0.2, 0) is 0 Å². The Balaban J connectivity index is 1.81. The molecule has 1 saturated carbocycles. The molecule has 0 bridgehead atoms. The van der Waals surface area contributed by atoms with Gasteiger partial charge < -0.3 is 0 Å². The van der Waals surface area contributed by atoms with Crippen LogP contribution < -0.4 is 0 Å². The molecule has 120 valence electrons. The lowest BCUT2D eigenvalue weighted by Gasteiger charge is -2.15. The summed E-state index contributed by atoms with van der Waals surface area (Å²) in [6.07, 6.45) is 7.70. The fraction of sp³-hybridized carbons (Fsp3) is 0.316. The number of nitrogens with zero attached hydrogens (tertiary/aromatic N) is 1. The number of halogens is 1. The van der Waals surface area contributed by atoms with E-state index in [4.69, 9.17) is 11.6 Å². The van der Waals surface area contributed by atoms with Crippen molar-refractivity contribution < 1.29 is 9.95 Å². The molecule has 0 spiro atoms. The summed E-state index contributed by atoms with van der Waals surface area (Å²) in [5, 5.41) is 11.1. The van der Waals surface area contributed by atoms with E-state index >= 15 is 0 Å². The first kappa shape index (κ1) is 16.4. The maximum Gasteiger partial charge on any atom is 0.224 e. The van der Waals surface area contributed by atoms with E-state index in [0.717, 1.165) is 33.2 Å². The summed E-state index contributed by atoms with van der Waals surface area (Å²) in [6, 6.07) is 16.2. The Labute approximate surface area is 146 Å². The third-order valence-electron chi connectivity index (χ3n) is 4.18. The molecule has 1 N–H and O–H groups in total. The van der Waals surface area contributed by atoms with Crippen LogP contribution in [0.5, 0.6) is 0 Å². The van der Waals surface area contributed by atoms with Crippen LogP contribution in [0.25, 0.3) is 0 Å². The van der Waals surface area contributed by atoms with Crippen LogP contribution in [-0.4, -0.2) is 22.2 Å². The van der Waals surface area contributed by atoms with Gasteiger partial charge in [0.2, 0.25) is 12.3 Å². The summed E-state index contributed by atoms with van der Waals surface area (Å²) in [7, 11) is 0. The molecule has 4 heteroatoms. The van der Waals surface area contributed by atoms with Gasteiger partial charge in [0.25, 0.3) is 0 Å². The molecule has 3 rings (SSSR count). The van der Waals surface area contributed by atoms with Crippen molar-refractivity contribution in [1.29, 1.82) is 0 Å².